The second kappa shape index (κ2) is 7.17. The van der Waals surface area contributed by atoms with Crippen molar-refractivity contribution < 1.29 is 4.79 Å². The summed E-state index contributed by atoms with van der Waals surface area (Å²) in [6.07, 6.45) is 1.38. The van der Waals surface area contributed by atoms with Crippen LogP contribution in [0.2, 0.25) is 0 Å². The zero-order chi connectivity index (χ0) is 13.5. The van der Waals surface area contributed by atoms with Gasteiger partial charge in [0.15, 0.2) is 0 Å². The van der Waals surface area contributed by atoms with Gasteiger partial charge in [0.25, 0.3) is 0 Å². The van der Waals surface area contributed by atoms with Crippen LogP contribution in [0.15, 0.2) is 24.3 Å². The summed E-state index contributed by atoms with van der Waals surface area (Å²) in [5.41, 5.74) is 8.08. The number of hydrogen-bond donors (Lipinski definition) is 2. The van der Waals surface area contributed by atoms with Gasteiger partial charge in [0.1, 0.15) is 0 Å². The molecule has 0 aliphatic rings. The summed E-state index contributed by atoms with van der Waals surface area (Å²) in [5, 5.41) is 3.03. The predicted molar refractivity (Wildman–Crippen MR) is 75.3 cm³/mol. The van der Waals surface area contributed by atoms with Gasteiger partial charge in [-0.1, -0.05) is 31.2 Å². The molecule has 0 heterocycles. The highest BCUT2D eigenvalue weighted by atomic mass is 16.1. The highest BCUT2D eigenvalue weighted by Gasteiger charge is 2.11. The van der Waals surface area contributed by atoms with Crippen molar-refractivity contribution >= 4 is 5.91 Å². The minimum absolute atomic E-state index is 0.0917. The van der Waals surface area contributed by atoms with Gasteiger partial charge < -0.3 is 11.1 Å². The maximum Gasteiger partial charge on any atom is 0.220 e. The lowest BCUT2D eigenvalue weighted by Gasteiger charge is -2.16. The second-order valence-corrected chi connectivity index (χ2v) is 5.14. The van der Waals surface area contributed by atoms with Gasteiger partial charge in [0.05, 0.1) is 0 Å². The molecular formula is C15H24N2O. The number of amides is 1. The van der Waals surface area contributed by atoms with E-state index in [4.69, 9.17) is 5.73 Å². The first-order valence-electron chi connectivity index (χ1n) is 6.56. The molecule has 2 atom stereocenters. The molecule has 0 aliphatic heterocycles. The molecule has 18 heavy (non-hydrogen) atoms. The Morgan fingerprint density at radius 1 is 1.33 bits per heavy atom. The molecule has 0 saturated carbocycles. The molecule has 0 aromatic heterocycles. The van der Waals surface area contributed by atoms with Crippen LogP contribution in [0.5, 0.6) is 0 Å². The monoisotopic (exact) mass is 248 g/mol. The Hall–Kier alpha value is -1.35. The molecule has 1 aromatic carbocycles. The lowest BCUT2D eigenvalue weighted by molar-refractivity contribution is -0.122. The van der Waals surface area contributed by atoms with E-state index in [1.165, 1.54) is 11.1 Å². The largest absolute Gasteiger partial charge is 0.353 e. The molecule has 3 nitrogen and oxygen atoms in total. The van der Waals surface area contributed by atoms with Crippen molar-refractivity contribution in [3.05, 3.63) is 35.4 Å². The molecule has 1 amide bonds. The molecule has 0 bridgehead atoms. The van der Waals surface area contributed by atoms with Crippen molar-refractivity contribution in [3.8, 4) is 0 Å². The summed E-state index contributed by atoms with van der Waals surface area (Å²) in [5.74, 6) is 0.338. The molecule has 0 spiro atoms. The van der Waals surface area contributed by atoms with E-state index in [0.29, 0.717) is 13.0 Å². The Kier molecular flexibility index (Phi) is 5.86. The minimum Gasteiger partial charge on any atom is -0.353 e. The third-order valence-electron chi connectivity index (χ3n) is 3.13. The summed E-state index contributed by atoms with van der Waals surface area (Å²) >= 11 is 0. The fraction of sp³-hybridized carbons (Fsp3) is 0.533. The molecule has 100 valence electrons. The van der Waals surface area contributed by atoms with Gasteiger partial charge in [-0.05, 0) is 43.9 Å². The standard InChI is InChI=1S/C15H24N2O/c1-11(10-16)8-15(18)17-13(3)9-14-7-5-4-6-12(14)2/h4-7,11,13H,8-10,16H2,1-3H3,(H,17,18). The summed E-state index contributed by atoms with van der Waals surface area (Å²) in [7, 11) is 0. The van der Waals surface area contributed by atoms with E-state index in [-0.39, 0.29) is 17.9 Å². The van der Waals surface area contributed by atoms with Crippen LogP contribution in [0.25, 0.3) is 0 Å². The second-order valence-electron chi connectivity index (χ2n) is 5.14. The Morgan fingerprint density at radius 2 is 2.00 bits per heavy atom. The highest BCUT2D eigenvalue weighted by Crippen LogP contribution is 2.10. The molecule has 3 N–H and O–H groups in total. The first-order valence-corrected chi connectivity index (χ1v) is 6.56. The average molecular weight is 248 g/mol. The van der Waals surface area contributed by atoms with Gasteiger partial charge in [-0.2, -0.15) is 0 Å². The topological polar surface area (TPSA) is 55.1 Å². The van der Waals surface area contributed by atoms with Crippen molar-refractivity contribution in [3.63, 3.8) is 0 Å². The molecule has 1 aromatic rings. The number of aryl methyl sites for hydroxylation is 1. The van der Waals surface area contributed by atoms with Crippen LogP contribution in [0.1, 0.15) is 31.4 Å². The normalized spacial score (nSPS) is 14.0. The van der Waals surface area contributed by atoms with Gasteiger partial charge in [0.2, 0.25) is 5.91 Å². The van der Waals surface area contributed by atoms with Crippen LogP contribution < -0.4 is 11.1 Å². The van der Waals surface area contributed by atoms with Gasteiger partial charge in [-0.3, -0.25) is 4.79 Å². The number of nitrogens with one attached hydrogen (secondary N) is 1. The van der Waals surface area contributed by atoms with Crippen LogP contribution in [-0.4, -0.2) is 18.5 Å². The van der Waals surface area contributed by atoms with E-state index in [1.54, 1.807) is 0 Å². The molecule has 3 heteroatoms. The molecule has 0 fully saturated rings. The van der Waals surface area contributed by atoms with E-state index in [2.05, 4.69) is 24.4 Å². The van der Waals surface area contributed by atoms with Crippen molar-refractivity contribution in [2.45, 2.75) is 39.7 Å². The van der Waals surface area contributed by atoms with E-state index in [1.807, 2.05) is 26.0 Å². The Bertz CT molecular complexity index is 390. The van der Waals surface area contributed by atoms with Crippen LogP contribution in [0, 0.1) is 12.8 Å². The average Bonchev–Trinajstić information content (AvgIpc) is 2.31. The first kappa shape index (κ1) is 14.7. The lowest BCUT2D eigenvalue weighted by atomic mass is 10.0. The smallest absolute Gasteiger partial charge is 0.220 e. The first-order chi connectivity index (χ1) is 8.52. The number of carbonyl (C=O) groups excluding carboxylic acids is 1. The maximum absolute atomic E-state index is 11.7. The third-order valence-corrected chi connectivity index (χ3v) is 3.13. The zero-order valence-corrected chi connectivity index (χ0v) is 11.6. The quantitative estimate of drug-likeness (QED) is 0.809. The molecule has 0 saturated heterocycles. The van der Waals surface area contributed by atoms with E-state index in [0.717, 1.165) is 6.42 Å². The number of nitrogens with two attached hydrogens (primary N) is 1. The Balaban J connectivity index is 2.44. The summed E-state index contributed by atoms with van der Waals surface area (Å²) in [6, 6.07) is 8.43. The third kappa shape index (κ3) is 4.88. The maximum atomic E-state index is 11.7. The number of benzene rings is 1. The van der Waals surface area contributed by atoms with Crippen LogP contribution in [0.3, 0.4) is 0 Å². The van der Waals surface area contributed by atoms with Crippen molar-refractivity contribution in [1.29, 1.82) is 0 Å². The van der Waals surface area contributed by atoms with Crippen molar-refractivity contribution in [2.75, 3.05) is 6.54 Å². The summed E-state index contributed by atoms with van der Waals surface area (Å²) in [4.78, 5) is 11.7. The lowest BCUT2D eigenvalue weighted by Crippen LogP contribution is -2.35. The molecule has 0 aliphatic carbocycles. The number of hydrogen-bond acceptors (Lipinski definition) is 2. The molecule has 1 rings (SSSR count). The van der Waals surface area contributed by atoms with Crippen LogP contribution in [0.4, 0.5) is 0 Å². The van der Waals surface area contributed by atoms with E-state index >= 15 is 0 Å². The SMILES string of the molecule is Cc1ccccc1CC(C)NC(=O)CC(C)CN. The van der Waals surface area contributed by atoms with Crippen LogP contribution in [-0.2, 0) is 11.2 Å². The molecule has 0 radical (unpaired) electrons. The van der Waals surface area contributed by atoms with Crippen molar-refractivity contribution in [1.82, 2.24) is 5.32 Å². The van der Waals surface area contributed by atoms with Crippen molar-refractivity contribution in [2.24, 2.45) is 11.7 Å². The predicted octanol–water partition coefficient (Wildman–Crippen LogP) is 2.03. The van der Waals surface area contributed by atoms with Gasteiger partial charge in [0, 0.05) is 12.5 Å². The highest BCUT2D eigenvalue weighted by molar-refractivity contribution is 5.76. The van der Waals surface area contributed by atoms with Crippen LogP contribution >= 0.6 is 0 Å². The zero-order valence-electron chi connectivity index (χ0n) is 11.6. The fourth-order valence-electron chi connectivity index (χ4n) is 1.95. The number of rotatable bonds is 6. The molecule has 2 unspecified atom stereocenters. The molecular weight excluding hydrogens is 224 g/mol. The fourth-order valence-corrected chi connectivity index (χ4v) is 1.95. The Morgan fingerprint density at radius 3 is 2.61 bits per heavy atom. The minimum atomic E-state index is 0.0917. The van der Waals surface area contributed by atoms with Gasteiger partial charge in [-0.25, -0.2) is 0 Å². The summed E-state index contributed by atoms with van der Waals surface area (Å²) in [6.45, 7) is 6.68. The summed E-state index contributed by atoms with van der Waals surface area (Å²) < 4.78 is 0. The van der Waals surface area contributed by atoms with Gasteiger partial charge >= 0.3 is 0 Å². The Labute approximate surface area is 110 Å². The number of carbonyl (C=O) groups is 1. The van der Waals surface area contributed by atoms with Gasteiger partial charge in [-0.15, -0.1) is 0 Å². The van der Waals surface area contributed by atoms with E-state index < -0.39 is 0 Å². The van der Waals surface area contributed by atoms with E-state index in [9.17, 15) is 4.79 Å².